The molecular formula is C24H44S2. The molecule has 0 spiro atoms. The standard InChI is InChI=1S/C13H24S2.C11H20/c1-11(13(2,3)4)7-5-6-8-12-9-10-14-15-12;1-6-7-8-9-10(2)11(3,4)5/h12H,1,5-10H2,2-4H3;7-8H,2,6,9H2,1,3-5H3/b;8-7-. The summed E-state index contributed by atoms with van der Waals surface area (Å²) in [7, 11) is 4.15. The lowest BCUT2D eigenvalue weighted by Gasteiger charge is -2.21. The summed E-state index contributed by atoms with van der Waals surface area (Å²) in [5, 5.41) is 0.943. The van der Waals surface area contributed by atoms with Gasteiger partial charge in [0.2, 0.25) is 0 Å². The molecule has 0 bridgehead atoms. The number of hydrogen-bond donors (Lipinski definition) is 0. The SMILES string of the molecule is C=C(C/C=C\CC)C(C)(C)C.C=C(CCCCC1CCSS1)C(C)(C)C. The van der Waals surface area contributed by atoms with Gasteiger partial charge in [-0.15, -0.1) is 0 Å². The normalized spacial score (nSPS) is 17.9. The van der Waals surface area contributed by atoms with Gasteiger partial charge in [-0.1, -0.05) is 113 Å². The van der Waals surface area contributed by atoms with Crippen LogP contribution >= 0.6 is 21.6 Å². The maximum atomic E-state index is 4.19. The number of unbranched alkanes of at least 4 members (excludes halogenated alkanes) is 1. The first kappa shape index (κ1) is 25.9. The first-order valence-corrected chi connectivity index (χ1v) is 12.7. The van der Waals surface area contributed by atoms with Crippen molar-refractivity contribution in [3.05, 3.63) is 36.5 Å². The van der Waals surface area contributed by atoms with Crippen LogP contribution in [0.15, 0.2) is 36.5 Å². The predicted octanol–water partition coefficient (Wildman–Crippen LogP) is 9.25. The summed E-state index contributed by atoms with van der Waals surface area (Å²) in [5.41, 5.74) is 3.29. The highest BCUT2D eigenvalue weighted by molar-refractivity contribution is 8.77. The predicted molar refractivity (Wildman–Crippen MR) is 128 cm³/mol. The molecule has 1 saturated heterocycles. The highest BCUT2D eigenvalue weighted by Gasteiger charge is 2.17. The summed E-state index contributed by atoms with van der Waals surface area (Å²) in [6.45, 7) is 23.8. The van der Waals surface area contributed by atoms with Crippen molar-refractivity contribution in [3.8, 4) is 0 Å². The van der Waals surface area contributed by atoms with E-state index >= 15 is 0 Å². The summed E-state index contributed by atoms with van der Waals surface area (Å²) >= 11 is 0. The van der Waals surface area contributed by atoms with Crippen molar-refractivity contribution in [3.63, 3.8) is 0 Å². The van der Waals surface area contributed by atoms with Gasteiger partial charge in [-0.05, 0) is 49.4 Å². The van der Waals surface area contributed by atoms with E-state index in [4.69, 9.17) is 0 Å². The number of hydrogen-bond acceptors (Lipinski definition) is 2. The van der Waals surface area contributed by atoms with Crippen LogP contribution in [-0.4, -0.2) is 11.0 Å². The molecule has 1 aliphatic rings. The van der Waals surface area contributed by atoms with Gasteiger partial charge in [-0.25, -0.2) is 0 Å². The third kappa shape index (κ3) is 13.1. The molecule has 152 valence electrons. The molecule has 1 rings (SSSR count). The van der Waals surface area contributed by atoms with Crippen LogP contribution in [0.3, 0.4) is 0 Å². The molecule has 0 saturated carbocycles. The van der Waals surface area contributed by atoms with Crippen LogP contribution in [0.25, 0.3) is 0 Å². The van der Waals surface area contributed by atoms with E-state index in [1.54, 1.807) is 0 Å². The Morgan fingerprint density at radius 3 is 2.04 bits per heavy atom. The molecule has 0 aromatic heterocycles. The topological polar surface area (TPSA) is 0 Å². The van der Waals surface area contributed by atoms with E-state index in [1.165, 1.54) is 49.0 Å². The van der Waals surface area contributed by atoms with Crippen molar-refractivity contribution >= 4 is 21.6 Å². The van der Waals surface area contributed by atoms with Crippen molar-refractivity contribution in [2.75, 3.05) is 5.75 Å². The average Bonchev–Trinajstić information content (AvgIpc) is 3.03. The lowest BCUT2D eigenvalue weighted by Crippen LogP contribution is -2.08. The van der Waals surface area contributed by atoms with Crippen LogP contribution in [-0.2, 0) is 0 Å². The summed E-state index contributed by atoms with van der Waals surface area (Å²) in [6, 6.07) is 0. The second-order valence-corrected chi connectivity index (χ2v) is 12.2. The molecule has 0 nitrogen and oxygen atoms in total. The summed E-state index contributed by atoms with van der Waals surface area (Å²) in [4.78, 5) is 0. The van der Waals surface area contributed by atoms with Crippen molar-refractivity contribution in [1.29, 1.82) is 0 Å². The zero-order valence-electron chi connectivity index (χ0n) is 18.6. The quantitative estimate of drug-likeness (QED) is 0.228. The Balaban J connectivity index is 0.000000508. The second kappa shape index (κ2) is 13.2. The molecule has 0 radical (unpaired) electrons. The fourth-order valence-corrected chi connectivity index (χ4v) is 5.38. The molecule has 26 heavy (non-hydrogen) atoms. The van der Waals surface area contributed by atoms with Gasteiger partial charge in [0, 0.05) is 11.0 Å². The number of rotatable bonds is 8. The van der Waals surface area contributed by atoms with Gasteiger partial charge >= 0.3 is 0 Å². The molecule has 1 atom stereocenters. The van der Waals surface area contributed by atoms with E-state index in [0.29, 0.717) is 5.41 Å². The van der Waals surface area contributed by atoms with Gasteiger partial charge in [-0.2, -0.15) is 0 Å². The van der Waals surface area contributed by atoms with E-state index in [-0.39, 0.29) is 5.41 Å². The average molecular weight is 397 g/mol. The number of allylic oxidation sites excluding steroid dienone is 4. The highest BCUT2D eigenvalue weighted by atomic mass is 33.1. The molecule has 2 heteroatoms. The van der Waals surface area contributed by atoms with Gasteiger partial charge in [0.25, 0.3) is 0 Å². The molecule has 0 N–H and O–H groups in total. The molecule has 1 heterocycles. The van der Waals surface area contributed by atoms with Crippen LogP contribution < -0.4 is 0 Å². The Morgan fingerprint density at radius 1 is 0.962 bits per heavy atom. The highest BCUT2D eigenvalue weighted by Crippen LogP contribution is 2.40. The van der Waals surface area contributed by atoms with Crippen LogP contribution in [0.1, 0.15) is 93.4 Å². The molecule has 0 aromatic carbocycles. The zero-order chi connectivity index (χ0) is 20.2. The maximum absolute atomic E-state index is 4.19. The second-order valence-electron chi connectivity index (χ2n) is 9.37. The van der Waals surface area contributed by atoms with Crippen LogP contribution in [0.5, 0.6) is 0 Å². The van der Waals surface area contributed by atoms with Gasteiger partial charge in [-0.3, -0.25) is 0 Å². The lowest BCUT2D eigenvalue weighted by atomic mass is 9.84. The summed E-state index contributed by atoms with van der Waals surface area (Å²) in [6.07, 6.45) is 13.3. The third-order valence-electron chi connectivity index (χ3n) is 4.87. The minimum Gasteiger partial charge on any atom is -0.0993 e. The molecular weight excluding hydrogens is 352 g/mol. The molecule has 1 unspecified atom stereocenters. The van der Waals surface area contributed by atoms with Gasteiger partial charge in [0.1, 0.15) is 0 Å². The van der Waals surface area contributed by atoms with Crippen LogP contribution in [0.4, 0.5) is 0 Å². The van der Waals surface area contributed by atoms with E-state index in [9.17, 15) is 0 Å². The molecule has 0 amide bonds. The van der Waals surface area contributed by atoms with Crippen molar-refractivity contribution < 1.29 is 0 Å². The first-order chi connectivity index (χ1) is 12.0. The van der Waals surface area contributed by atoms with E-state index in [2.05, 4.69) is 84.6 Å². The van der Waals surface area contributed by atoms with Crippen molar-refractivity contribution in [2.45, 2.75) is 98.7 Å². The van der Waals surface area contributed by atoms with Crippen LogP contribution in [0, 0.1) is 10.8 Å². The summed E-state index contributed by atoms with van der Waals surface area (Å²) < 4.78 is 0. The Kier molecular flexibility index (Phi) is 13.1. The maximum Gasteiger partial charge on any atom is 0.0159 e. The van der Waals surface area contributed by atoms with E-state index < -0.39 is 0 Å². The lowest BCUT2D eigenvalue weighted by molar-refractivity contribution is 0.473. The van der Waals surface area contributed by atoms with Gasteiger partial charge in [0.05, 0.1) is 0 Å². The Labute approximate surface area is 173 Å². The Morgan fingerprint density at radius 2 is 1.58 bits per heavy atom. The molecule has 1 aliphatic heterocycles. The van der Waals surface area contributed by atoms with Gasteiger partial charge < -0.3 is 0 Å². The minimum absolute atomic E-state index is 0.262. The van der Waals surface area contributed by atoms with Crippen molar-refractivity contribution in [2.24, 2.45) is 10.8 Å². The summed E-state index contributed by atoms with van der Waals surface area (Å²) in [5.74, 6) is 1.37. The molecule has 0 aromatic rings. The van der Waals surface area contributed by atoms with Gasteiger partial charge in [0.15, 0.2) is 0 Å². The largest absolute Gasteiger partial charge is 0.0993 e. The fourth-order valence-electron chi connectivity index (χ4n) is 2.35. The Bertz CT molecular complexity index is 426. The molecule has 0 aliphatic carbocycles. The smallest absolute Gasteiger partial charge is 0.0159 e. The Hall–Kier alpha value is -0.0800. The third-order valence-corrected chi connectivity index (χ3v) is 7.88. The van der Waals surface area contributed by atoms with E-state index in [1.807, 2.05) is 10.8 Å². The molecule has 1 fully saturated rings. The van der Waals surface area contributed by atoms with Crippen LogP contribution in [0.2, 0.25) is 0 Å². The minimum atomic E-state index is 0.262. The zero-order valence-corrected chi connectivity index (χ0v) is 20.3. The van der Waals surface area contributed by atoms with E-state index in [0.717, 1.165) is 18.1 Å². The van der Waals surface area contributed by atoms with Crippen molar-refractivity contribution in [1.82, 2.24) is 0 Å². The monoisotopic (exact) mass is 396 g/mol. The fraction of sp³-hybridized carbons (Fsp3) is 0.750. The first-order valence-electron chi connectivity index (χ1n) is 10.3.